The van der Waals surface area contributed by atoms with Crippen LogP contribution in [-0.2, 0) is 4.79 Å². The van der Waals surface area contributed by atoms with E-state index in [2.05, 4.69) is 6.58 Å². The number of rotatable bonds is 0. The van der Waals surface area contributed by atoms with Crippen molar-refractivity contribution < 1.29 is 4.79 Å². The number of hydrogen-bond acceptors (Lipinski definition) is 1. The second-order valence-corrected chi connectivity index (χ2v) is 2.57. The molecule has 1 aliphatic rings. The van der Waals surface area contributed by atoms with E-state index in [1.165, 1.54) is 0 Å². The Labute approximate surface area is 55.2 Å². The fourth-order valence-electron chi connectivity index (χ4n) is 1.06. The fourth-order valence-corrected chi connectivity index (χ4v) is 1.06. The summed E-state index contributed by atoms with van der Waals surface area (Å²) in [4.78, 5) is 12.6. The van der Waals surface area contributed by atoms with E-state index in [1.807, 2.05) is 6.92 Å². The van der Waals surface area contributed by atoms with E-state index in [0.717, 1.165) is 12.1 Å². The van der Waals surface area contributed by atoms with Gasteiger partial charge in [0, 0.05) is 18.7 Å². The SMILES string of the molecule is C=C1CC(C)C(=O)N1C. The van der Waals surface area contributed by atoms with Gasteiger partial charge < -0.3 is 4.90 Å². The highest BCUT2D eigenvalue weighted by Gasteiger charge is 2.27. The van der Waals surface area contributed by atoms with Gasteiger partial charge in [0.2, 0.25) is 5.91 Å². The molecule has 1 aliphatic heterocycles. The third-order valence-electron chi connectivity index (χ3n) is 1.77. The Morgan fingerprint density at radius 3 is 2.44 bits per heavy atom. The van der Waals surface area contributed by atoms with Crippen LogP contribution >= 0.6 is 0 Å². The van der Waals surface area contributed by atoms with Crippen LogP contribution in [0.4, 0.5) is 0 Å². The van der Waals surface area contributed by atoms with E-state index in [4.69, 9.17) is 0 Å². The van der Waals surface area contributed by atoms with E-state index in [0.29, 0.717) is 0 Å². The van der Waals surface area contributed by atoms with Gasteiger partial charge in [0.1, 0.15) is 0 Å². The number of carbonyl (C=O) groups excluding carboxylic acids is 1. The second-order valence-electron chi connectivity index (χ2n) is 2.57. The van der Waals surface area contributed by atoms with Crippen molar-refractivity contribution in [2.75, 3.05) is 7.05 Å². The van der Waals surface area contributed by atoms with Gasteiger partial charge >= 0.3 is 0 Å². The Hall–Kier alpha value is -0.790. The normalized spacial score (nSPS) is 27.8. The van der Waals surface area contributed by atoms with Crippen molar-refractivity contribution >= 4 is 5.91 Å². The predicted octanol–water partition coefficient (Wildman–Crippen LogP) is 0.998. The van der Waals surface area contributed by atoms with Crippen molar-refractivity contribution in [2.24, 2.45) is 5.92 Å². The molecule has 0 aliphatic carbocycles. The number of allylic oxidation sites excluding steroid dienone is 1. The lowest BCUT2D eigenvalue weighted by molar-refractivity contribution is -0.128. The molecule has 2 nitrogen and oxygen atoms in total. The number of carbonyl (C=O) groups is 1. The lowest BCUT2D eigenvalue weighted by Crippen LogP contribution is -2.19. The van der Waals surface area contributed by atoms with Crippen LogP contribution in [0.25, 0.3) is 0 Å². The van der Waals surface area contributed by atoms with Crippen LogP contribution in [0.2, 0.25) is 0 Å². The molecule has 1 unspecified atom stereocenters. The minimum absolute atomic E-state index is 0.155. The van der Waals surface area contributed by atoms with Crippen LogP contribution in [0.3, 0.4) is 0 Å². The topological polar surface area (TPSA) is 20.3 Å². The van der Waals surface area contributed by atoms with Crippen molar-refractivity contribution in [3.05, 3.63) is 12.3 Å². The summed E-state index contributed by atoms with van der Waals surface area (Å²) in [6.07, 6.45) is 0.829. The summed E-state index contributed by atoms with van der Waals surface area (Å²) >= 11 is 0. The third-order valence-corrected chi connectivity index (χ3v) is 1.77. The highest BCUT2D eigenvalue weighted by molar-refractivity contribution is 5.83. The van der Waals surface area contributed by atoms with Gasteiger partial charge in [-0.1, -0.05) is 13.5 Å². The molecule has 50 valence electrons. The van der Waals surface area contributed by atoms with Crippen molar-refractivity contribution in [3.63, 3.8) is 0 Å². The fraction of sp³-hybridized carbons (Fsp3) is 0.571. The molecule has 9 heavy (non-hydrogen) atoms. The molecule has 1 atom stereocenters. The maximum absolute atomic E-state index is 11.0. The van der Waals surface area contributed by atoms with Crippen LogP contribution in [-0.4, -0.2) is 17.9 Å². The van der Waals surface area contributed by atoms with Crippen molar-refractivity contribution in [3.8, 4) is 0 Å². The first-order valence-corrected chi connectivity index (χ1v) is 3.08. The van der Waals surface area contributed by atoms with Crippen LogP contribution < -0.4 is 0 Å². The smallest absolute Gasteiger partial charge is 0.229 e. The molecule has 1 fully saturated rings. The minimum atomic E-state index is 0.155. The Morgan fingerprint density at radius 2 is 2.33 bits per heavy atom. The molecule has 0 aromatic carbocycles. The summed E-state index contributed by atoms with van der Waals surface area (Å²) in [5.41, 5.74) is 0.938. The molecule has 0 radical (unpaired) electrons. The molecule has 1 heterocycles. The summed E-state index contributed by atoms with van der Waals surface area (Å²) in [6, 6.07) is 0. The van der Waals surface area contributed by atoms with Crippen molar-refractivity contribution in [1.82, 2.24) is 4.90 Å². The van der Waals surface area contributed by atoms with Gasteiger partial charge in [-0.15, -0.1) is 0 Å². The molecule has 1 amide bonds. The maximum Gasteiger partial charge on any atom is 0.229 e. The lowest BCUT2D eigenvalue weighted by atomic mass is 10.1. The standard InChI is InChI=1S/C7H11NO/c1-5-4-6(2)8(3)7(5)9/h5H,2,4H2,1,3H3. The van der Waals surface area contributed by atoms with E-state index < -0.39 is 0 Å². The van der Waals surface area contributed by atoms with Crippen molar-refractivity contribution in [2.45, 2.75) is 13.3 Å². The van der Waals surface area contributed by atoms with Crippen LogP contribution in [0.1, 0.15) is 13.3 Å². The molecular weight excluding hydrogens is 114 g/mol. The van der Waals surface area contributed by atoms with Gasteiger partial charge in [0.15, 0.2) is 0 Å². The first-order valence-electron chi connectivity index (χ1n) is 3.08. The number of hydrogen-bond donors (Lipinski definition) is 0. The summed E-state index contributed by atoms with van der Waals surface area (Å²) in [5, 5.41) is 0. The quantitative estimate of drug-likeness (QED) is 0.473. The highest BCUT2D eigenvalue weighted by atomic mass is 16.2. The number of nitrogens with zero attached hydrogens (tertiary/aromatic N) is 1. The minimum Gasteiger partial charge on any atom is -0.320 e. The molecule has 2 heteroatoms. The van der Waals surface area contributed by atoms with Gasteiger partial charge in [-0.2, -0.15) is 0 Å². The predicted molar refractivity (Wildman–Crippen MR) is 35.7 cm³/mol. The molecule has 0 spiro atoms. The van der Waals surface area contributed by atoms with Gasteiger partial charge in [0.25, 0.3) is 0 Å². The van der Waals surface area contributed by atoms with Gasteiger partial charge in [0.05, 0.1) is 0 Å². The van der Waals surface area contributed by atoms with Gasteiger partial charge in [-0.05, 0) is 6.42 Å². The Bertz CT molecular complexity index is 162. The lowest BCUT2D eigenvalue weighted by Gasteiger charge is -2.07. The third kappa shape index (κ3) is 0.846. The van der Waals surface area contributed by atoms with Crippen LogP contribution in [0, 0.1) is 5.92 Å². The highest BCUT2D eigenvalue weighted by Crippen LogP contribution is 2.23. The molecule has 0 aromatic rings. The van der Waals surface area contributed by atoms with E-state index in [9.17, 15) is 4.79 Å². The molecule has 0 saturated carbocycles. The van der Waals surface area contributed by atoms with Crippen molar-refractivity contribution in [1.29, 1.82) is 0 Å². The molecule has 0 N–H and O–H groups in total. The largest absolute Gasteiger partial charge is 0.320 e. The van der Waals surface area contributed by atoms with Gasteiger partial charge in [-0.3, -0.25) is 4.79 Å². The van der Waals surface area contributed by atoms with E-state index in [-0.39, 0.29) is 11.8 Å². The zero-order chi connectivity index (χ0) is 7.02. The van der Waals surface area contributed by atoms with Crippen LogP contribution in [0.15, 0.2) is 12.3 Å². The molecule has 1 rings (SSSR count). The molecular formula is C7H11NO. The molecule has 1 saturated heterocycles. The Morgan fingerprint density at radius 1 is 1.78 bits per heavy atom. The van der Waals surface area contributed by atoms with E-state index in [1.54, 1.807) is 11.9 Å². The Kier molecular flexibility index (Phi) is 1.31. The first-order chi connectivity index (χ1) is 4.13. The average Bonchev–Trinajstić information content (AvgIpc) is 1.98. The average molecular weight is 125 g/mol. The zero-order valence-electron chi connectivity index (χ0n) is 5.85. The number of amides is 1. The monoisotopic (exact) mass is 125 g/mol. The van der Waals surface area contributed by atoms with Gasteiger partial charge in [-0.25, -0.2) is 0 Å². The van der Waals surface area contributed by atoms with E-state index >= 15 is 0 Å². The molecule has 0 bridgehead atoms. The second kappa shape index (κ2) is 1.87. The summed E-state index contributed by atoms with van der Waals surface area (Å²) in [5.74, 6) is 0.350. The summed E-state index contributed by atoms with van der Waals surface area (Å²) in [6.45, 7) is 5.67. The Balaban J connectivity index is 2.77. The van der Waals surface area contributed by atoms with Crippen LogP contribution in [0.5, 0.6) is 0 Å². The first kappa shape index (κ1) is 6.33. The zero-order valence-corrected chi connectivity index (χ0v) is 5.85. The maximum atomic E-state index is 11.0. The molecule has 0 aromatic heterocycles. The summed E-state index contributed by atoms with van der Waals surface area (Å²) in [7, 11) is 1.77. The number of likely N-dealkylation sites (tertiary alicyclic amines) is 1. The summed E-state index contributed by atoms with van der Waals surface area (Å²) < 4.78 is 0.